The molecule has 108 valence electrons. The summed E-state index contributed by atoms with van der Waals surface area (Å²) in [7, 11) is 0. The van der Waals surface area contributed by atoms with Crippen LogP contribution in [0, 0.1) is 0 Å². The van der Waals surface area contributed by atoms with Gasteiger partial charge in [-0.25, -0.2) is 0 Å². The molecule has 1 amide bonds. The summed E-state index contributed by atoms with van der Waals surface area (Å²) in [5, 5.41) is 4.31. The molecule has 1 aliphatic rings. The van der Waals surface area contributed by atoms with Gasteiger partial charge in [-0.2, -0.15) is 0 Å². The Kier molecular flexibility index (Phi) is 5.64. The van der Waals surface area contributed by atoms with Gasteiger partial charge in [-0.05, 0) is 36.6 Å². The number of piperidine rings is 1. The monoisotopic (exact) mass is 330 g/mol. The van der Waals surface area contributed by atoms with Crippen LogP contribution in [0.15, 0.2) is 18.2 Å². The first-order chi connectivity index (χ1) is 9.60. The number of benzene rings is 1. The Morgan fingerprint density at radius 2 is 2.10 bits per heavy atom. The van der Waals surface area contributed by atoms with Gasteiger partial charge in [0, 0.05) is 29.2 Å². The second kappa shape index (κ2) is 7.25. The van der Waals surface area contributed by atoms with Gasteiger partial charge in [0.15, 0.2) is 0 Å². The summed E-state index contributed by atoms with van der Waals surface area (Å²) < 4.78 is 0. The zero-order valence-electron chi connectivity index (χ0n) is 10.9. The van der Waals surface area contributed by atoms with Crippen LogP contribution < -0.4 is 5.32 Å². The topological polar surface area (TPSA) is 32.3 Å². The maximum absolute atomic E-state index is 12.3. The van der Waals surface area contributed by atoms with Crippen LogP contribution in [0.1, 0.15) is 18.4 Å². The lowest BCUT2D eigenvalue weighted by molar-refractivity contribution is -0.131. The molecule has 0 aliphatic carbocycles. The molecule has 0 unspecified atom stereocenters. The van der Waals surface area contributed by atoms with Crippen LogP contribution in [0.3, 0.4) is 0 Å². The molecule has 6 heteroatoms. The normalized spacial score (nSPS) is 16.0. The first-order valence-electron chi connectivity index (χ1n) is 6.51. The van der Waals surface area contributed by atoms with Crippen molar-refractivity contribution in [2.24, 2.45) is 0 Å². The largest absolute Gasteiger partial charge is 0.379 e. The quantitative estimate of drug-likeness (QED) is 0.861. The van der Waals surface area contributed by atoms with Gasteiger partial charge in [0.05, 0.1) is 11.9 Å². The maximum Gasteiger partial charge on any atom is 0.227 e. The second-order valence-electron chi connectivity index (χ2n) is 4.85. The van der Waals surface area contributed by atoms with Crippen molar-refractivity contribution in [1.82, 2.24) is 10.2 Å². The molecular formula is C14H16Cl2N2OS. The van der Waals surface area contributed by atoms with Crippen LogP contribution in [-0.2, 0) is 11.2 Å². The van der Waals surface area contributed by atoms with Crippen molar-refractivity contribution >= 4 is 46.8 Å². The number of thiocarbonyl (C=S) groups is 1. The van der Waals surface area contributed by atoms with E-state index in [1.807, 2.05) is 4.90 Å². The second-order valence-corrected chi connectivity index (χ2v) is 5.93. The standard InChI is InChI=1S/C14H16Cl2N2OS/c15-11-1-2-13(16)10(7-11)8-14(19)18-5-3-12(4-6-18)17-9-20/h1-2,7,9,12H,3-6,8H2,(H,17,20). The Hall–Kier alpha value is -0.840. The van der Waals surface area contributed by atoms with E-state index in [2.05, 4.69) is 5.32 Å². The number of likely N-dealkylation sites (tertiary alicyclic amines) is 1. The molecule has 2 rings (SSSR count). The highest BCUT2D eigenvalue weighted by Gasteiger charge is 2.22. The zero-order valence-corrected chi connectivity index (χ0v) is 13.3. The number of hydrogen-bond donors (Lipinski definition) is 1. The number of nitrogens with zero attached hydrogens (tertiary/aromatic N) is 1. The Balaban J connectivity index is 1.92. The molecule has 0 saturated carbocycles. The molecule has 1 aromatic rings. The lowest BCUT2D eigenvalue weighted by atomic mass is 10.0. The van der Waals surface area contributed by atoms with Gasteiger partial charge in [0.1, 0.15) is 0 Å². The Labute approximate surface area is 134 Å². The smallest absolute Gasteiger partial charge is 0.227 e. The Bertz CT molecular complexity index is 502. The molecule has 1 fully saturated rings. The number of nitrogens with one attached hydrogen (secondary N) is 1. The van der Waals surface area contributed by atoms with Gasteiger partial charge in [-0.3, -0.25) is 4.79 Å². The van der Waals surface area contributed by atoms with Crippen LogP contribution in [0.25, 0.3) is 0 Å². The molecule has 20 heavy (non-hydrogen) atoms. The molecule has 1 N–H and O–H groups in total. The van der Waals surface area contributed by atoms with E-state index in [0.29, 0.717) is 22.5 Å². The van der Waals surface area contributed by atoms with Gasteiger partial charge in [-0.1, -0.05) is 35.4 Å². The van der Waals surface area contributed by atoms with E-state index < -0.39 is 0 Å². The lowest BCUT2D eigenvalue weighted by Gasteiger charge is -2.32. The van der Waals surface area contributed by atoms with Gasteiger partial charge >= 0.3 is 0 Å². The molecule has 1 saturated heterocycles. The average molecular weight is 331 g/mol. The van der Waals surface area contributed by atoms with Crippen LogP contribution in [0.4, 0.5) is 0 Å². The SMILES string of the molecule is O=C(Cc1cc(Cl)ccc1Cl)N1CCC(NC=S)CC1. The van der Waals surface area contributed by atoms with Crippen LogP contribution in [-0.4, -0.2) is 35.4 Å². The molecular weight excluding hydrogens is 315 g/mol. The van der Waals surface area contributed by atoms with Crippen molar-refractivity contribution in [2.45, 2.75) is 25.3 Å². The highest BCUT2D eigenvalue weighted by Crippen LogP contribution is 2.22. The van der Waals surface area contributed by atoms with Crippen LogP contribution in [0.5, 0.6) is 0 Å². The highest BCUT2D eigenvalue weighted by molar-refractivity contribution is 7.78. The number of carbonyl (C=O) groups excluding carboxylic acids is 1. The number of carbonyl (C=O) groups is 1. The first kappa shape index (κ1) is 15.5. The van der Waals surface area contributed by atoms with Gasteiger partial charge in [-0.15, -0.1) is 0 Å². The summed E-state index contributed by atoms with van der Waals surface area (Å²) in [6.07, 6.45) is 2.13. The van der Waals surface area contributed by atoms with Crippen LogP contribution >= 0.6 is 35.4 Å². The first-order valence-corrected chi connectivity index (χ1v) is 7.74. The number of hydrogen-bond acceptors (Lipinski definition) is 2. The van der Waals surface area contributed by atoms with E-state index in [1.54, 1.807) is 23.7 Å². The van der Waals surface area contributed by atoms with E-state index in [0.717, 1.165) is 31.5 Å². The fourth-order valence-corrected chi connectivity index (χ4v) is 2.92. The highest BCUT2D eigenvalue weighted by atomic mass is 35.5. The van der Waals surface area contributed by atoms with Gasteiger partial charge in [0.2, 0.25) is 5.91 Å². The van der Waals surface area contributed by atoms with Crippen LogP contribution in [0.2, 0.25) is 10.0 Å². The summed E-state index contributed by atoms with van der Waals surface area (Å²) in [6.45, 7) is 1.50. The van der Waals surface area contributed by atoms with E-state index in [9.17, 15) is 4.79 Å². The van der Waals surface area contributed by atoms with Crippen molar-refractivity contribution in [1.29, 1.82) is 0 Å². The Morgan fingerprint density at radius 1 is 1.40 bits per heavy atom. The number of halogens is 2. The van der Waals surface area contributed by atoms with Crippen molar-refractivity contribution in [2.75, 3.05) is 13.1 Å². The molecule has 0 spiro atoms. The third kappa shape index (κ3) is 4.08. The number of rotatable bonds is 4. The fraction of sp³-hybridized carbons (Fsp3) is 0.429. The third-order valence-electron chi connectivity index (χ3n) is 3.50. The predicted molar refractivity (Wildman–Crippen MR) is 86.6 cm³/mol. The minimum Gasteiger partial charge on any atom is -0.379 e. The van der Waals surface area contributed by atoms with Crippen molar-refractivity contribution < 1.29 is 4.79 Å². The zero-order chi connectivity index (χ0) is 14.5. The van der Waals surface area contributed by atoms with Crippen molar-refractivity contribution in [3.8, 4) is 0 Å². The van der Waals surface area contributed by atoms with Crippen molar-refractivity contribution in [3.63, 3.8) is 0 Å². The summed E-state index contributed by atoms with van der Waals surface area (Å²) >= 11 is 16.8. The summed E-state index contributed by atoms with van der Waals surface area (Å²) in [6, 6.07) is 5.58. The molecule has 1 aliphatic heterocycles. The predicted octanol–water partition coefficient (Wildman–Crippen LogP) is 3.07. The molecule has 0 bridgehead atoms. The van der Waals surface area contributed by atoms with Gasteiger partial charge in [0.25, 0.3) is 0 Å². The molecule has 1 aromatic carbocycles. The van der Waals surface area contributed by atoms with Gasteiger partial charge < -0.3 is 10.2 Å². The average Bonchev–Trinajstić information content (AvgIpc) is 2.44. The Morgan fingerprint density at radius 3 is 2.75 bits per heavy atom. The van der Waals surface area contributed by atoms with E-state index in [4.69, 9.17) is 35.4 Å². The maximum atomic E-state index is 12.3. The third-order valence-corrected chi connectivity index (χ3v) is 4.24. The minimum atomic E-state index is 0.0926. The number of amides is 1. The van der Waals surface area contributed by atoms with E-state index >= 15 is 0 Å². The molecule has 0 atom stereocenters. The summed E-state index contributed by atoms with van der Waals surface area (Å²) in [5.74, 6) is 0.0926. The summed E-state index contributed by atoms with van der Waals surface area (Å²) in [5.41, 5.74) is 2.33. The minimum absolute atomic E-state index is 0.0926. The fourth-order valence-electron chi connectivity index (χ4n) is 2.35. The van der Waals surface area contributed by atoms with E-state index in [1.165, 1.54) is 0 Å². The summed E-state index contributed by atoms with van der Waals surface area (Å²) in [4.78, 5) is 14.1. The molecule has 0 aromatic heterocycles. The lowest BCUT2D eigenvalue weighted by Crippen LogP contribution is -2.44. The molecule has 3 nitrogen and oxygen atoms in total. The van der Waals surface area contributed by atoms with Crippen molar-refractivity contribution in [3.05, 3.63) is 33.8 Å². The molecule has 1 heterocycles. The van der Waals surface area contributed by atoms with E-state index in [-0.39, 0.29) is 5.91 Å². The molecule has 0 radical (unpaired) electrons.